The van der Waals surface area contributed by atoms with Crippen LogP contribution in [-0.4, -0.2) is 38.4 Å². The van der Waals surface area contributed by atoms with Crippen molar-refractivity contribution in [1.29, 1.82) is 0 Å². The first-order valence-electron chi connectivity index (χ1n) is 8.77. The number of hydrogen-bond acceptors (Lipinski definition) is 4. The van der Waals surface area contributed by atoms with Crippen LogP contribution in [0.2, 0.25) is 0 Å². The summed E-state index contributed by atoms with van der Waals surface area (Å²) in [6, 6.07) is 15.8. The normalized spacial score (nSPS) is 16.4. The molecule has 0 aromatic heterocycles. The molecule has 0 saturated heterocycles. The Morgan fingerprint density at radius 2 is 1.78 bits per heavy atom. The maximum Gasteiger partial charge on any atom is 0.241 e. The number of rotatable bonds is 5. The van der Waals surface area contributed by atoms with E-state index >= 15 is 0 Å². The van der Waals surface area contributed by atoms with Crippen molar-refractivity contribution in [3.8, 4) is 0 Å². The van der Waals surface area contributed by atoms with Crippen molar-refractivity contribution >= 4 is 27.2 Å². The number of anilines is 1. The number of nitrogens with zero attached hydrogens (tertiary/aromatic N) is 1. The number of benzene rings is 2. The molecule has 27 heavy (non-hydrogen) atoms. The maximum atomic E-state index is 12.5. The Labute approximate surface area is 159 Å². The van der Waals surface area contributed by atoms with Gasteiger partial charge in [-0.2, -0.15) is 0 Å². The van der Waals surface area contributed by atoms with E-state index in [-0.39, 0.29) is 16.8 Å². The molecule has 2 aromatic carbocycles. The molecule has 1 aliphatic heterocycles. The molecular weight excluding hydrogens is 362 g/mol. The van der Waals surface area contributed by atoms with Gasteiger partial charge < -0.3 is 5.32 Å². The molecule has 0 unspecified atom stereocenters. The number of sulfonamides is 1. The first kappa shape index (κ1) is 19.3. The molecule has 7 heteroatoms. The number of carbonyl (C=O) groups is 1. The van der Waals surface area contributed by atoms with Crippen LogP contribution in [0.1, 0.15) is 18.9 Å². The van der Waals surface area contributed by atoms with E-state index < -0.39 is 10.0 Å². The van der Waals surface area contributed by atoms with E-state index in [4.69, 9.17) is 5.14 Å². The topological polar surface area (TPSA) is 92.5 Å². The first-order valence-corrected chi connectivity index (χ1v) is 10.3. The van der Waals surface area contributed by atoms with Crippen LogP contribution in [0.3, 0.4) is 0 Å². The zero-order valence-electron chi connectivity index (χ0n) is 15.1. The zero-order chi connectivity index (χ0) is 19.4. The Hall–Kier alpha value is -2.48. The summed E-state index contributed by atoms with van der Waals surface area (Å²) >= 11 is 0. The Kier molecular flexibility index (Phi) is 5.74. The second-order valence-corrected chi connectivity index (χ2v) is 8.14. The fourth-order valence-corrected chi connectivity index (χ4v) is 3.61. The Morgan fingerprint density at radius 3 is 2.33 bits per heavy atom. The van der Waals surface area contributed by atoms with Crippen LogP contribution < -0.4 is 10.5 Å². The van der Waals surface area contributed by atoms with E-state index in [0.717, 1.165) is 13.0 Å². The van der Waals surface area contributed by atoms with E-state index in [9.17, 15) is 13.2 Å². The summed E-state index contributed by atoms with van der Waals surface area (Å²) in [6.07, 6.45) is 3.06. The molecule has 1 heterocycles. The monoisotopic (exact) mass is 385 g/mol. The van der Waals surface area contributed by atoms with Crippen molar-refractivity contribution < 1.29 is 13.2 Å². The van der Waals surface area contributed by atoms with Gasteiger partial charge in [-0.1, -0.05) is 36.4 Å². The van der Waals surface area contributed by atoms with Gasteiger partial charge >= 0.3 is 0 Å². The second kappa shape index (κ2) is 8.04. The first-order chi connectivity index (χ1) is 12.8. The van der Waals surface area contributed by atoms with Gasteiger partial charge in [0.1, 0.15) is 0 Å². The minimum atomic E-state index is -3.74. The van der Waals surface area contributed by atoms with Crippen LogP contribution in [0.25, 0.3) is 5.57 Å². The van der Waals surface area contributed by atoms with Crippen LogP contribution in [0.5, 0.6) is 0 Å². The predicted molar refractivity (Wildman–Crippen MR) is 107 cm³/mol. The highest BCUT2D eigenvalue weighted by Crippen LogP contribution is 2.23. The minimum Gasteiger partial charge on any atom is -0.325 e. The fraction of sp³-hybridized carbons (Fsp3) is 0.250. The van der Waals surface area contributed by atoms with Crippen LogP contribution in [0.15, 0.2) is 65.6 Å². The molecule has 142 valence electrons. The van der Waals surface area contributed by atoms with Gasteiger partial charge in [-0.3, -0.25) is 9.69 Å². The summed E-state index contributed by atoms with van der Waals surface area (Å²) in [4.78, 5) is 14.7. The van der Waals surface area contributed by atoms with E-state index in [1.807, 2.05) is 25.1 Å². The average Bonchev–Trinajstić information content (AvgIpc) is 2.68. The SMILES string of the molecule is C[C@H](C(=O)Nc1ccc(S(N)(=O)=O)cc1)N1CC=C(c2ccccc2)CC1. The molecule has 3 rings (SSSR count). The van der Waals surface area contributed by atoms with Crippen molar-refractivity contribution in [3.05, 3.63) is 66.2 Å². The standard InChI is InChI=1S/C20H23N3O3S/c1-15(20(24)22-18-7-9-19(10-8-18)27(21,25)26)23-13-11-17(12-14-23)16-5-3-2-4-6-16/h2-11,15H,12-14H2,1H3,(H,22,24)(H2,21,25,26)/t15-/m1/s1. The van der Waals surface area contributed by atoms with Crippen LogP contribution in [-0.2, 0) is 14.8 Å². The number of nitrogens with two attached hydrogens (primary N) is 1. The quantitative estimate of drug-likeness (QED) is 0.827. The summed E-state index contributed by atoms with van der Waals surface area (Å²) in [7, 11) is -3.74. The van der Waals surface area contributed by atoms with Crippen LogP contribution in [0, 0.1) is 0 Å². The van der Waals surface area contributed by atoms with Gasteiger partial charge in [0.2, 0.25) is 15.9 Å². The van der Waals surface area contributed by atoms with Gasteiger partial charge in [0.05, 0.1) is 10.9 Å². The Morgan fingerprint density at radius 1 is 1.11 bits per heavy atom. The summed E-state index contributed by atoms with van der Waals surface area (Å²) in [5.41, 5.74) is 3.07. The lowest BCUT2D eigenvalue weighted by Gasteiger charge is -2.31. The zero-order valence-corrected chi connectivity index (χ0v) is 15.9. The fourth-order valence-electron chi connectivity index (χ4n) is 3.09. The summed E-state index contributed by atoms with van der Waals surface area (Å²) in [5, 5.41) is 7.90. The summed E-state index contributed by atoms with van der Waals surface area (Å²) in [5.74, 6) is -0.130. The lowest BCUT2D eigenvalue weighted by atomic mass is 9.99. The highest BCUT2D eigenvalue weighted by Gasteiger charge is 2.23. The van der Waals surface area contributed by atoms with E-state index in [1.165, 1.54) is 35.4 Å². The highest BCUT2D eigenvalue weighted by atomic mass is 32.2. The van der Waals surface area contributed by atoms with Crippen LogP contribution >= 0.6 is 0 Å². The van der Waals surface area contributed by atoms with Gasteiger partial charge in [-0.05, 0) is 48.7 Å². The summed E-state index contributed by atoms with van der Waals surface area (Å²) < 4.78 is 22.6. The third-order valence-electron chi connectivity index (χ3n) is 4.76. The number of primary sulfonamides is 1. The van der Waals surface area contributed by atoms with Crippen molar-refractivity contribution in [2.75, 3.05) is 18.4 Å². The lowest BCUT2D eigenvalue weighted by molar-refractivity contribution is -0.120. The van der Waals surface area contributed by atoms with Crippen molar-refractivity contribution in [2.24, 2.45) is 5.14 Å². The number of amides is 1. The number of carbonyl (C=O) groups excluding carboxylic acids is 1. The van der Waals surface area contributed by atoms with E-state index in [1.54, 1.807) is 0 Å². The van der Waals surface area contributed by atoms with E-state index in [2.05, 4.69) is 28.4 Å². The molecule has 0 bridgehead atoms. The van der Waals surface area contributed by atoms with Crippen molar-refractivity contribution in [3.63, 3.8) is 0 Å². The molecule has 1 amide bonds. The molecule has 1 aliphatic rings. The van der Waals surface area contributed by atoms with Gasteiger partial charge in [0.25, 0.3) is 0 Å². The van der Waals surface area contributed by atoms with Gasteiger partial charge in [-0.25, -0.2) is 13.6 Å². The molecule has 0 aliphatic carbocycles. The minimum absolute atomic E-state index is 0.0168. The predicted octanol–water partition coefficient (Wildman–Crippen LogP) is 2.45. The van der Waals surface area contributed by atoms with Crippen LogP contribution in [0.4, 0.5) is 5.69 Å². The molecule has 0 spiro atoms. The van der Waals surface area contributed by atoms with Gasteiger partial charge in [0.15, 0.2) is 0 Å². The van der Waals surface area contributed by atoms with Crippen molar-refractivity contribution in [2.45, 2.75) is 24.3 Å². The largest absolute Gasteiger partial charge is 0.325 e. The van der Waals surface area contributed by atoms with Gasteiger partial charge in [-0.15, -0.1) is 0 Å². The highest BCUT2D eigenvalue weighted by molar-refractivity contribution is 7.89. The van der Waals surface area contributed by atoms with Gasteiger partial charge in [0, 0.05) is 18.8 Å². The third-order valence-corrected chi connectivity index (χ3v) is 5.69. The molecule has 1 atom stereocenters. The number of nitrogens with one attached hydrogen (secondary N) is 1. The molecular formula is C20H23N3O3S. The Balaban J connectivity index is 1.60. The molecule has 3 N–H and O–H groups in total. The Bertz CT molecular complexity index is 938. The molecule has 6 nitrogen and oxygen atoms in total. The maximum absolute atomic E-state index is 12.5. The summed E-state index contributed by atoms with van der Waals surface area (Å²) in [6.45, 7) is 3.39. The smallest absolute Gasteiger partial charge is 0.241 e. The van der Waals surface area contributed by atoms with E-state index in [0.29, 0.717) is 12.2 Å². The van der Waals surface area contributed by atoms with Crippen molar-refractivity contribution in [1.82, 2.24) is 4.90 Å². The molecule has 0 fully saturated rings. The molecule has 0 saturated carbocycles. The average molecular weight is 385 g/mol. The molecule has 0 radical (unpaired) electrons. The lowest BCUT2D eigenvalue weighted by Crippen LogP contribution is -2.44. The molecule has 2 aromatic rings. The third kappa shape index (κ3) is 4.82. The second-order valence-electron chi connectivity index (χ2n) is 6.57. The number of hydrogen-bond donors (Lipinski definition) is 2.